The molecule has 88 valence electrons. The van der Waals surface area contributed by atoms with E-state index in [1.165, 1.54) is 0 Å². The van der Waals surface area contributed by atoms with Gasteiger partial charge in [0.15, 0.2) is 0 Å². The molecule has 0 amide bonds. The summed E-state index contributed by atoms with van der Waals surface area (Å²) in [6.07, 6.45) is 1.79. The Balaban J connectivity index is 2.10. The molecule has 1 heterocycles. The van der Waals surface area contributed by atoms with E-state index in [-0.39, 0.29) is 5.97 Å². The monoisotopic (exact) mass is 256 g/mol. The van der Waals surface area contributed by atoms with Gasteiger partial charge in [0.25, 0.3) is 0 Å². The van der Waals surface area contributed by atoms with Crippen LogP contribution < -0.4 is 4.74 Å². The van der Waals surface area contributed by atoms with Gasteiger partial charge >= 0.3 is 5.97 Å². The van der Waals surface area contributed by atoms with E-state index in [9.17, 15) is 4.79 Å². The summed E-state index contributed by atoms with van der Waals surface area (Å²) < 4.78 is 5.18. The van der Waals surface area contributed by atoms with Gasteiger partial charge in [-0.3, -0.25) is 0 Å². The summed E-state index contributed by atoms with van der Waals surface area (Å²) in [5.74, 6) is 0.284. The van der Waals surface area contributed by atoms with Crippen molar-refractivity contribution in [3.8, 4) is 5.75 Å². The molecule has 1 aliphatic heterocycles. The van der Waals surface area contributed by atoms with E-state index in [0.29, 0.717) is 16.3 Å². The zero-order valence-electron chi connectivity index (χ0n) is 9.39. The maximum atomic E-state index is 11.8. The van der Waals surface area contributed by atoms with Crippen LogP contribution in [-0.2, 0) is 4.79 Å². The second-order valence-corrected chi connectivity index (χ2v) is 4.44. The second-order valence-electron chi connectivity index (χ2n) is 4.00. The van der Waals surface area contributed by atoms with Gasteiger partial charge < -0.3 is 4.74 Å². The number of hydrogen-bond donors (Lipinski definition) is 0. The smallest absolute Gasteiger partial charge is 0.344 e. The van der Waals surface area contributed by atoms with Crippen LogP contribution in [0.15, 0.2) is 48.5 Å². The predicted octanol–water partition coefficient (Wildman–Crippen LogP) is 3.80. The van der Waals surface area contributed by atoms with Crippen molar-refractivity contribution in [2.45, 2.75) is 0 Å². The lowest BCUT2D eigenvalue weighted by Crippen LogP contribution is -2.00. The zero-order valence-corrected chi connectivity index (χ0v) is 10.1. The van der Waals surface area contributed by atoms with Crippen LogP contribution in [0.2, 0.25) is 5.02 Å². The molecule has 2 nitrogen and oxygen atoms in total. The molecule has 3 heteroatoms. The van der Waals surface area contributed by atoms with Crippen LogP contribution in [0.4, 0.5) is 0 Å². The van der Waals surface area contributed by atoms with Crippen molar-refractivity contribution >= 4 is 29.2 Å². The molecule has 2 aromatic carbocycles. The second kappa shape index (κ2) is 4.31. The summed E-state index contributed by atoms with van der Waals surface area (Å²) in [4.78, 5) is 11.8. The third-order valence-electron chi connectivity index (χ3n) is 2.76. The van der Waals surface area contributed by atoms with E-state index in [4.69, 9.17) is 16.3 Å². The molecule has 2 aromatic rings. The molecule has 0 saturated heterocycles. The first-order valence-corrected chi connectivity index (χ1v) is 5.91. The molecule has 0 atom stereocenters. The Morgan fingerprint density at radius 2 is 1.89 bits per heavy atom. The molecule has 0 spiro atoms. The van der Waals surface area contributed by atoms with E-state index >= 15 is 0 Å². The van der Waals surface area contributed by atoms with E-state index in [2.05, 4.69) is 0 Å². The highest BCUT2D eigenvalue weighted by atomic mass is 35.5. The van der Waals surface area contributed by atoms with Gasteiger partial charge in [-0.25, -0.2) is 4.79 Å². The minimum absolute atomic E-state index is 0.323. The molecular weight excluding hydrogens is 248 g/mol. The van der Waals surface area contributed by atoms with Crippen molar-refractivity contribution in [3.05, 3.63) is 64.7 Å². The van der Waals surface area contributed by atoms with Crippen molar-refractivity contribution in [1.29, 1.82) is 0 Å². The highest BCUT2D eigenvalue weighted by Crippen LogP contribution is 2.35. The molecule has 0 aliphatic carbocycles. The first-order valence-electron chi connectivity index (χ1n) is 5.53. The van der Waals surface area contributed by atoms with Crippen LogP contribution in [0.5, 0.6) is 5.75 Å². The minimum Gasteiger partial charge on any atom is -0.422 e. The van der Waals surface area contributed by atoms with Crippen LogP contribution in [0.25, 0.3) is 11.6 Å². The largest absolute Gasteiger partial charge is 0.422 e. The molecule has 0 bridgehead atoms. The van der Waals surface area contributed by atoms with E-state index in [1.807, 2.05) is 36.4 Å². The van der Waals surface area contributed by atoms with Crippen molar-refractivity contribution in [2.24, 2.45) is 0 Å². The SMILES string of the molecule is O=C1Oc2ccccc2C1=Cc1cccc(Cl)c1. The fourth-order valence-corrected chi connectivity index (χ4v) is 2.14. The Bertz CT molecular complexity index is 659. The quantitative estimate of drug-likeness (QED) is 0.441. The lowest BCUT2D eigenvalue weighted by Gasteiger charge is -1.97. The van der Waals surface area contributed by atoms with Crippen LogP contribution in [-0.4, -0.2) is 5.97 Å². The summed E-state index contributed by atoms with van der Waals surface area (Å²) in [7, 11) is 0. The van der Waals surface area contributed by atoms with Crippen molar-refractivity contribution < 1.29 is 9.53 Å². The number of hydrogen-bond acceptors (Lipinski definition) is 2. The summed E-state index contributed by atoms with van der Waals surface area (Å²) in [6.45, 7) is 0. The van der Waals surface area contributed by atoms with Gasteiger partial charge in [-0.05, 0) is 29.8 Å². The number of esters is 1. The molecule has 3 rings (SSSR count). The molecule has 0 saturated carbocycles. The third kappa shape index (κ3) is 1.91. The number of halogens is 1. The van der Waals surface area contributed by atoms with Gasteiger partial charge in [-0.2, -0.15) is 0 Å². The first-order chi connectivity index (χ1) is 8.74. The molecule has 0 unspecified atom stereocenters. The fraction of sp³-hybridized carbons (Fsp3) is 0. The standard InChI is InChI=1S/C15H9ClO2/c16-11-5-3-4-10(8-11)9-13-12-6-1-2-7-14(12)18-15(13)17/h1-9H. The predicted molar refractivity (Wildman–Crippen MR) is 71.4 cm³/mol. The molecule has 0 radical (unpaired) electrons. The summed E-state index contributed by atoms with van der Waals surface area (Å²) in [5, 5.41) is 0.643. The Morgan fingerprint density at radius 1 is 1.06 bits per heavy atom. The van der Waals surface area contributed by atoms with Crippen molar-refractivity contribution in [1.82, 2.24) is 0 Å². The van der Waals surface area contributed by atoms with Gasteiger partial charge in [0.05, 0.1) is 5.57 Å². The van der Waals surface area contributed by atoms with Gasteiger partial charge in [-0.15, -0.1) is 0 Å². The highest BCUT2D eigenvalue weighted by Gasteiger charge is 2.25. The Hall–Kier alpha value is -2.06. The van der Waals surface area contributed by atoms with Crippen molar-refractivity contribution in [3.63, 3.8) is 0 Å². The molecular formula is C15H9ClO2. The van der Waals surface area contributed by atoms with Gasteiger partial charge in [0.1, 0.15) is 5.75 Å². The average Bonchev–Trinajstić information content (AvgIpc) is 2.66. The van der Waals surface area contributed by atoms with Crippen LogP contribution >= 0.6 is 11.6 Å². The first kappa shape index (κ1) is 11.1. The minimum atomic E-state index is -0.323. The number of ether oxygens (including phenoxy) is 1. The molecule has 1 aliphatic rings. The number of fused-ring (bicyclic) bond motifs is 1. The van der Waals surface area contributed by atoms with E-state index in [0.717, 1.165) is 11.1 Å². The number of para-hydroxylation sites is 1. The maximum absolute atomic E-state index is 11.8. The van der Waals surface area contributed by atoms with Crippen LogP contribution in [0.3, 0.4) is 0 Å². The third-order valence-corrected chi connectivity index (χ3v) is 2.99. The van der Waals surface area contributed by atoms with Crippen molar-refractivity contribution in [2.75, 3.05) is 0 Å². The zero-order chi connectivity index (χ0) is 12.5. The lowest BCUT2D eigenvalue weighted by atomic mass is 10.0. The normalized spacial score (nSPS) is 15.6. The van der Waals surface area contributed by atoms with Gasteiger partial charge in [0.2, 0.25) is 0 Å². The molecule has 0 N–H and O–H groups in total. The Kier molecular flexibility index (Phi) is 2.65. The molecule has 0 aromatic heterocycles. The van der Waals surface area contributed by atoms with Gasteiger partial charge in [-0.1, -0.05) is 41.9 Å². The van der Waals surface area contributed by atoms with E-state index in [1.54, 1.807) is 18.2 Å². The van der Waals surface area contributed by atoms with Crippen LogP contribution in [0.1, 0.15) is 11.1 Å². The summed E-state index contributed by atoms with van der Waals surface area (Å²) in [6, 6.07) is 14.7. The maximum Gasteiger partial charge on any atom is 0.344 e. The van der Waals surface area contributed by atoms with Crippen LogP contribution in [0, 0.1) is 0 Å². The highest BCUT2D eigenvalue weighted by molar-refractivity contribution is 6.31. The topological polar surface area (TPSA) is 26.3 Å². The molecule has 18 heavy (non-hydrogen) atoms. The number of carbonyl (C=O) groups is 1. The average molecular weight is 257 g/mol. The van der Waals surface area contributed by atoms with E-state index < -0.39 is 0 Å². The molecule has 0 fully saturated rings. The number of benzene rings is 2. The number of carbonyl (C=O) groups excluding carboxylic acids is 1. The summed E-state index contributed by atoms with van der Waals surface area (Å²) >= 11 is 5.92. The Morgan fingerprint density at radius 3 is 2.72 bits per heavy atom. The Labute approximate surface area is 109 Å². The fourth-order valence-electron chi connectivity index (χ4n) is 1.94. The number of rotatable bonds is 1. The van der Waals surface area contributed by atoms with Gasteiger partial charge in [0, 0.05) is 10.6 Å². The lowest BCUT2D eigenvalue weighted by molar-refractivity contribution is -0.126. The summed E-state index contributed by atoms with van der Waals surface area (Å²) in [5.41, 5.74) is 2.27.